The van der Waals surface area contributed by atoms with Crippen LogP contribution in [0, 0.1) is 0 Å². The average Bonchev–Trinajstić information content (AvgIpc) is 1.65. The van der Waals surface area contributed by atoms with Crippen LogP contribution in [-0.2, 0) is 0 Å². The predicted molar refractivity (Wildman–Crippen MR) is 31.5 cm³/mol. The van der Waals surface area contributed by atoms with E-state index < -0.39 is 0 Å². The van der Waals surface area contributed by atoms with Crippen molar-refractivity contribution >= 4 is 14.0 Å². The van der Waals surface area contributed by atoms with Gasteiger partial charge in [-0.05, 0) is 0 Å². The van der Waals surface area contributed by atoms with Crippen molar-refractivity contribution in [1.82, 2.24) is 0 Å². The molecule has 0 heterocycles. The van der Waals surface area contributed by atoms with E-state index in [0.717, 1.165) is 13.5 Å². The first kappa shape index (κ1) is 6.09. The summed E-state index contributed by atoms with van der Waals surface area (Å²) >= 11 is 0. The lowest BCUT2D eigenvalue weighted by molar-refractivity contribution is 0.592. The van der Waals surface area contributed by atoms with Crippen LogP contribution in [0.3, 0.4) is 0 Å². The van der Waals surface area contributed by atoms with Crippen LogP contribution in [-0.4, -0.2) is 19.0 Å². The third kappa shape index (κ3) is 2.33. The highest BCUT2D eigenvalue weighted by Crippen LogP contribution is 1.79. The van der Waals surface area contributed by atoms with Crippen molar-refractivity contribution in [3.63, 3.8) is 0 Å². The maximum Gasteiger partial charge on any atom is 0.245 e. The van der Waals surface area contributed by atoms with Crippen LogP contribution >= 0.6 is 0 Å². The highest BCUT2D eigenvalue weighted by molar-refractivity contribution is 7.07. The van der Waals surface area contributed by atoms with E-state index in [4.69, 9.17) is 5.02 Å². The molecule has 6 heavy (non-hydrogen) atoms. The van der Waals surface area contributed by atoms with Gasteiger partial charge in [0.25, 0.3) is 0 Å². The molecule has 0 rings (SSSR count). The van der Waals surface area contributed by atoms with E-state index >= 15 is 0 Å². The molecular weight excluding hydrogens is 73.7 g/mol. The molecule has 0 fully saturated rings. The lowest BCUT2D eigenvalue weighted by Crippen LogP contribution is -2.16. The van der Waals surface area contributed by atoms with Gasteiger partial charge in [-0.2, -0.15) is 0 Å². The van der Waals surface area contributed by atoms with Gasteiger partial charge >= 0.3 is 0 Å². The first-order valence-electron chi connectivity index (χ1n) is 2.49. The van der Waals surface area contributed by atoms with E-state index in [0.29, 0.717) is 0 Å². The quantitative estimate of drug-likeness (QED) is 0.465. The van der Waals surface area contributed by atoms with Gasteiger partial charge in [0.15, 0.2) is 0 Å². The Morgan fingerprint density at radius 3 is 2.33 bits per heavy atom. The summed E-state index contributed by atoms with van der Waals surface area (Å²) in [6.45, 7) is 3.90. The minimum Gasteiger partial charge on any atom is -0.458 e. The van der Waals surface area contributed by atoms with E-state index in [-0.39, 0.29) is 6.81 Å². The van der Waals surface area contributed by atoms with Gasteiger partial charge in [-0.25, -0.2) is 0 Å². The van der Waals surface area contributed by atoms with Gasteiger partial charge in [0, 0.05) is 0 Å². The maximum absolute atomic E-state index is 8.67. The summed E-state index contributed by atoms with van der Waals surface area (Å²) in [5.41, 5.74) is 0. The normalized spacial score (nSPS) is 7.83. The van der Waals surface area contributed by atoms with Crippen molar-refractivity contribution in [3.05, 3.63) is 0 Å². The van der Waals surface area contributed by atoms with Crippen LogP contribution < -0.4 is 0 Å². The second-order valence-electron chi connectivity index (χ2n) is 1.47. The minimum absolute atomic E-state index is 0.0648. The molecule has 0 aromatic rings. The maximum atomic E-state index is 8.67. The SMILES string of the molecule is CBB(O)CC. The molecule has 0 saturated carbocycles. The summed E-state index contributed by atoms with van der Waals surface area (Å²) in [6, 6.07) is 0. The Morgan fingerprint density at radius 2 is 2.33 bits per heavy atom. The fourth-order valence-electron chi connectivity index (χ4n) is 0.289. The van der Waals surface area contributed by atoms with Crippen LogP contribution in [0.25, 0.3) is 0 Å². The molecule has 0 atom stereocenters. The molecule has 34 valence electrons. The van der Waals surface area contributed by atoms with Gasteiger partial charge in [0.05, 0.1) is 0 Å². The zero-order chi connectivity index (χ0) is 4.99. The Balaban J connectivity index is 2.75. The van der Waals surface area contributed by atoms with Gasteiger partial charge in [0.1, 0.15) is 7.17 Å². The highest BCUT2D eigenvalue weighted by atomic mass is 16.2. The molecule has 0 unspecified atom stereocenters. The van der Waals surface area contributed by atoms with Crippen LogP contribution in [0.15, 0.2) is 0 Å². The van der Waals surface area contributed by atoms with Gasteiger partial charge < -0.3 is 5.02 Å². The zero-order valence-electron chi connectivity index (χ0n) is 4.44. The predicted octanol–water partition coefficient (Wildman–Crippen LogP) is -0.0286. The van der Waals surface area contributed by atoms with Crippen LogP contribution in [0.4, 0.5) is 0 Å². The van der Waals surface area contributed by atoms with Crippen molar-refractivity contribution < 1.29 is 5.02 Å². The van der Waals surface area contributed by atoms with Crippen molar-refractivity contribution in [3.8, 4) is 0 Å². The fourth-order valence-corrected chi connectivity index (χ4v) is 0.289. The van der Waals surface area contributed by atoms with Crippen molar-refractivity contribution in [2.24, 2.45) is 0 Å². The van der Waals surface area contributed by atoms with E-state index in [1.54, 1.807) is 0 Å². The summed E-state index contributed by atoms with van der Waals surface area (Å²) in [5.74, 6) is 0. The monoisotopic (exact) mass is 84.1 g/mol. The Morgan fingerprint density at radius 1 is 1.83 bits per heavy atom. The Bertz CT molecular complexity index is 28.0. The van der Waals surface area contributed by atoms with Crippen LogP contribution in [0.2, 0.25) is 13.1 Å². The third-order valence-corrected chi connectivity index (χ3v) is 0.942. The van der Waals surface area contributed by atoms with Gasteiger partial charge in [-0.15, -0.1) is 0 Å². The smallest absolute Gasteiger partial charge is 0.245 e. The Hall–Kier alpha value is 0.0899. The molecule has 0 aliphatic carbocycles. The van der Waals surface area contributed by atoms with Crippen molar-refractivity contribution in [2.45, 2.75) is 20.1 Å². The Labute approximate surface area is 40.1 Å². The topological polar surface area (TPSA) is 20.2 Å². The number of hydrogen-bond donors (Lipinski definition) is 1. The zero-order valence-corrected chi connectivity index (χ0v) is 4.44. The van der Waals surface area contributed by atoms with Gasteiger partial charge in [-0.1, -0.05) is 20.1 Å². The van der Waals surface area contributed by atoms with Gasteiger partial charge in [0.2, 0.25) is 6.81 Å². The van der Waals surface area contributed by atoms with Crippen molar-refractivity contribution in [1.29, 1.82) is 0 Å². The van der Waals surface area contributed by atoms with E-state index in [2.05, 4.69) is 0 Å². The lowest BCUT2D eigenvalue weighted by Gasteiger charge is -1.90. The van der Waals surface area contributed by atoms with E-state index in [9.17, 15) is 0 Å². The van der Waals surface area contributed by atoms with E-state index in [1.807, 2.05) is 13.7 Å². The first-order chi connectivity index (χ1) is 2.81. The molecule has 0 amide bonds. The molecule has 0 aromatic carbocycles. The molecule has 0 bridgehead atoms. The molecule has 3 heteroatoms. The molecule has 0 saturated heterocycles. The Kier molecular flexibility index (Phi) is 3.34. The molecule has 0 aliphatic rings. The number of rotatable bonds is 2. The van der Waals surface area contributed by atoms with Crippen LogP contribution in [0.1, 0.15) is 6.92 Å². The summed E-state index contributed by atoms with van der Waals surface area (Å²) in [4.78, 5) is 0. The molecule has 0 radical (unpaired) electrons. The standard InChI is InChI=1S/C3H10B2O/c1-3-5(6)4-2/h4,6H,3H2,1-2H3. The fraction of sp³-hybridized carbons (Fsp3) is 1.00. The average molecular weight is 83.7 g/mol. The summed E-state index contributed by atoms with van der Waals surface area (Å²) in [6.07, 6.45) is 0.885. The molecule has 1 N–H and O–H groups in total. The van der Waals surface area contributed by atoms with Crippen LogP contribution in [0.5, 0.6) is 0 Å². The number of hydrogen-bond acceptors (Lipinski definition) is 1. The summed E-state index contributed by atoms with van der Waals surface area (Å²) in [7, 11) is 0.885. The molecule has 0 aliphatic heterocycles. The molecule has 0 spiro atoms. The molecular formula is C3H10B2O. The van der Waals surface area contributed by atoms with Gasteiger partial charge in [-0.3, -0.25) is 0 Å². The molecule has 0 aromatic heterocycles. The van der Waals surface area contributed by atoms with E-state index in [1.165, 1.54) is 0 Å². The second-order valence-corrected chi connectivity index (χ2v) is 1.47. The summed E-state index contributed by atoms with van der Waals surface area (Å²) in [5, 5.41) is 8.67. The highest BCUT2D eigenvalue weighted by Gasteiger charge is 2.00. The largest absolute Gasteiger partial charge is 0.458 e. The molecule has 1 nitrogen and oxygen atoms in total. The third-order valence-electron chi connectivity index (χ3n) is 0.942. The first-order valence-corrected chi connectivity index (χ1v) is 2.49. The van der Waals surface area contributed by atoms with Crippen molar-refractivity contribution in [2.75, 3.05) is 0 Å². The minimum atomic E-state index is -0.0648. The summed E-state index contributed by atoms with van der Waals surface area (Å²) < 4.78 is 0. The lowest BCUT2D eigenvalue weighted by atomic mass is 9.33. The second kappa shape index (κ2) is 3.29.